The van der Waals surface area contributed by atoms with Crippen LogP contribution in [-0.4, -0.2) is 29.7 Å². The van der Waals surface area contributed by atoms with Gasteiger partial charge in [-0.05, 0) is 43.9 Å². The number of carboxylic acids is 1. The zero-order valence-corrected chi connectivity index (χ0v) is 11.5. The van der Waals surface area contributed by atoms with Crippen molar-refractivity contribution in [1.82, 2.24) is 0 Å². The van der Waals surface area contributed by atoms with Gasteiger partial charge in [0.05, 0.1) is 18.1 Å². The number of carbonyl (C=O) groups excluding carboxylic acids is 1. The summed E-state index contributed by atoms with van der Waals surface area (Å²) in [5, 5.41) is 11.8. The van der Waals surface area contributed by atoms with Crippen LogP contribution in [0, 0.1) is 6.92 Å². The van der Waals surface area contributed by atoms with E-state index in [1.807, 2.05) is 0 Å². The molecule has 1 unspecified atom stereocenters. The molecule has 0 saturated carbocycles. The van der Waals surface area contributed by atoms with Crippen LogP contribution in [0.25, 0.3) is 0 Å². The Balaban J connectivity index is 1.96. The monoisotopic (exact) mass is 277 g/mol. The van der Waals surface area contributed by atoms with Crippen molar-refractivity contribution in [3.63, 3.8) is 0 Å². The van der Waals surface area contributed by atoms with E-state index in [1.165, 1.54) is 6.07 Å². The van der Waals surface area contributed by atoms with Crippen LogP contribution in [0.1, 0.15) is 41.6 Å². The average Bonchev–Trinajstić information content (AvgIpc) is 2.41. The van der Waals surface area contributed by atoms with Crippen LogP contribution in [-0.2, 0) is 9.53 Å². The van der Waals surface area contributed by atoms with Gasteiger partial charge in [0.1, 0.15) is 0 Å². The summed E-state index contributed by atoms with van der Waals surface area (Å²) in [6.45, 7) is 2.44. The number of ether oxygens (including phenoxy) is 1. The number of carbonyl (C=O) groups is 2. The number of hydrogen-bond acceptors (Lipinski definition) is 3. The number of carboxylic acid groups (broad SMARTS) is 1. The van der Waals surface area contributed by atoms with Crippen LogP contribution < -0.4 is 5.32 Å². The highest BCUT2D eigenvalue weighted by atomic mass is 16.5. The van der Waals surface area contributed by atoms with Crippen molar-refractivity contribution < 1.29 is 19.4 Å². The third-order valence-corrected chi connectivity index (χ3v) is 3.44. The molecule has 0 spiro atoms. The van der Waals surface area contributed by atoms with E-state index in [-0.39, 0.29) is 17.6 Å². The van der Waals surface area contributed by atoms with Gasteiger partial charge in [-0.2, -0.15) is 0 Å². The Kier molecular flexibility index (Phi) is 4.74. The first kappa shape index (κ1) is 14.5. The van der Waals surface area contributed by atoms with Crippen molar-refractivity contribution in [2.45, 2.75) is 38.7 Å². The number of aromatic carboxylic acids is 1. The zero-order chi connectivity index (χ0) is 14.5. The maximum atomic E-state index is 11.9. The van der Waals surface area contributed by atoms with Gasteiger partial charge in [-0.1, -0.05) is 6.07 Å². The van der Waals surface area contributed by atoms with Crippen LogP contribution in [0.5, 0.6) is 0 Å². The predicted molar refractivity (Wildman–Crippen MR) is 75.0 cm³/mol. The lowest BCUT2D eigenvalue weighted by Gasteiger charge is -2.22. The zero-order valence-electron chi connectivity index (χ0n) is 11.5. The summed E-state index contributed by atoms with van der Waals surface area (Å²) in [4.78, 5) is 23.0. The number of nitrogens with one attached hydrogen (secondary N) is 1. The summed E-state index contributed by atoms with van der Waals surface area (Å²) in [6.07, 6.45) is 3.34. The van der Waals surface area contributed by atoms with E-state index in [4.69, 9.17) is 9.84 Å². The van der Waals surface area contributed by atoms with Crippen molar-refractivity contribution >= 4 is 17.6 Å². The molecule has 5 nitrogen and oxygen atoms in total. The minimum atomic E-state index is -0.991. The number of aryl methyl sites for hydroxylation is 1. The van der Waals surface area contributed by atoms with Gasteiger partial charge >= 0.3 is 5.97 Å². The topological polar surface area (TPSA) is 75.6 Å². The largest absolute Gasteiger partial charge is 0.478 e. The van der Waals surface area contributed by atoms with E-state index in [2.05, 4.69) is 5.32 Å². The van der Waals surface area contributed by atoms with Gasteiger partial charge in [0.15, 0.2) is 0 Å². The van der Waals surface area contributed by atoms with Gasteiger partial charge in [-0.25, -0.2) is 4.79 Å². The fourth-order valence-electron chi connectivity index (χ4n) is 2.32. The molecular weight excluding hydrogens is 258 g/mol. The van der Waals surface area contributed by atoms with Crippen LogP contribution in [0.2, 0.25) is 0 Å². The number of anilines is 1. The number of amides is 1. The van der Waals surface area contributed by atoms with E-state index in [9.17, 15) is 9.59 Å². The molecule has 1 aliphatic heterocycles. The molecule has 1 aliphatic rings. The molecule has 0 aliphatic carbocycles. The summed E-state index contributed by atoms with van der Waals surface area (Å²) in [5.41, 5.74) is 1.39. The minimum absolute atomic E-state index is 0.0202. The van der Waals surface area contributed by atoms with Crippen molar-refractivity contribution in [3.05, 3.63) is 29.3 Å². The summed E-state index contributed by atoms with van der Waals surface area (Å²) >= 11 is 0. The number of benzene rings is 1. The van der Waals surface area contributed by atoms with Gasteiger partial charge in [0, 0.05) is 12.3 Å². The molecule has 1 heterocycles. The van der Waals surface area contributed by atoms with E-state index in [0.717, 1.165) is 19.3 Å². The van der Waals surface area contributed by atoms with Gasteiger partial charge in [0.2, 0.25) is 5.91 Å². The van der Waals surface area contributed by atoms with Crippen LogP contribution in [0.4, 0.5) is 5.69 Å². The maximum absolute atomic E-state index is 11.9. The minimum Gasteiger partial charge on any atom is -0.478 e. The predicted octanol–water partition coefficient (Wildman–Crippen LogP) is 2.59. The summed E-state index contributed by atoms with van der Waals surface area (Å²) < 4.78 is 5.51. The summed E-state index contributed by atoms with van der Waals surface area (Å²) in [7, 11) is 0. The van der Waals surface area contributed by atoms with Gasteiger partial charge in [-0.3, -0.25) is 4.79 Å². The fraction of sp³-hybridized carbons (Fsp3) is 0.467. The Morgan fingerprint density at radius 2 is 2.20 bits per heavy atom. The van der Waals surface area contributed by atoms with Crippen molar-refractivity contribution in [2.24, 2.45) is 0 Å². The molecule has 1 aromatic rings. The summed E-state index contributed by atoms with van der Waals surface area (Å²) in [5.74, 6) is -1.13. The Hall–Kier alpha value is -1.88. The molecule has 1 aromatic carbocycles. The van der Waals surface area contributed by atoms with Crippen molar-refractivity contribution in [2.75, 3.05) is 11.9 Å². The van der Waals surface area contributed by atoms with E-state index >= 15 is 0 Å². The van der Waals surface area contributed by atoms with Gasteiger partial charge in [0.25, 0.3) is 0 Å². The molecule has 2 rings (SSSR count). The second kappa shape index (κ2) is 6.52. The Labute approximate surface area is 117 Å². The third-order valence-electron chi connectivity index (χ3n) is 3.44. The van der Waals surface area contributed by atoms with Gasteiger partial charge < -0.3 is 15.2 Å². The molecule has 1 amide bonds. The fourth-order valence-corrected chi connectivity index (χ4v) is 2.32. The molecule has 1 atom stereocenters. The second-order valence-corrected chi connectivity index (χ2v) is 5.08. The molecule has 1 saturated heterocycles. The quantitative estimate of drug-likeness (QED) is 0.887. The molecule has 5 heteroatoms. The van der Waals surface area contributed by atoms with Crippen molar-refractivity contribution in [1.29, 1.82) is 0 Å². The number of hydrogen-bond donors (Lipinski definition) is 2. The Morgan fingerprint density at radius 3 is 2.85 bits per heavy atom. The third kappa shape index (κ3) is 3.81. The van der Waals surface area contributed by atoms with Crippen molar-refractivity contribution in [3.8, 4) is 0 Å². The van der Waals surface area contributed by atoms with Crippen LogP contribution in [0.15, 0.2) is 18.2 Å². The first-order valence-corrected chi connectivity index (χ1v) is 6.81. The molecule has 0 bridgehead atoms. The molecule has 1 fully saturated rings. The van der Waals surface area contributed by atoms with Crippen LogP contribution >= 0.6 is 0 Å². The standard InChI is InChI=1S/C15H19NO4/c1-10-5-6-11(8-13(10)15(18)19)16-14(17)9-12-4-2-3-7-20-12/h5-6,8,12H,2-4,7,9H2,1H3,(H,16,17)(H,18,19). The normalized spacial score (nSPS) is 18.6. The average molecular weight is 277 g/mol. The Morgan fingerprint density at radius 1 is 1.40 bits per heavy atom. The van der Waals surface area contributed by atoms with Gasteiger partial charge in [-0.15, -0.1) is 0 Å². The molecule has 2 N–H and O–H groups in total. The van der Waals surface area contributed by atoms with Crippen LogP contribution in [0.3, 0.4) is 0 Å². The highest BCUT2D eigenvalue weighted by Crippen LogP contribution is 2.18. The van der Waals surface area contributed by atoms with E-state index < -0.39 is 5.97 Å². The maximum Gasteiger partial charge on any atom is 0.336 e. The molecule has 0 aromatic heterocycles. The van der Waals surface area contributed by atoms with E-state index in [1.54, 1.807) is 19.1 Å². The highest BCUT2D eigenvalue weighted by molar-refractivity contribution is 5.94. The second-order valence-electron chi connectivity index (χ2n) is 5.08. The lowest BCUT2D eigenvalue weighted by Crippen LogP contribution is -2.25. The highest BCUT2D eigenvalue weighted by Gasteiger charge is 2.18. The molecule has 108 valence electrons. The first-order chi connectivity index (χ1) is 9.56. The molecule has 20 heavy (non-hydrogen) atoms. The number of rotatable bonds is 4. The Bertz CT molecular complexity index is 507. The first-order valence-electron chi connectivity index (χ1n) is 6.81. The van der Waals surface area contributed by atoms with E-state index in [0.29, 0.717) is 24.3 Å². The SMILES string of the molecule is Cc1ccc(NC(=O)CC2CCCCO2)cc1C(=O)O. The lowest BCUT2D eigenvalue weighted by atomic mass is 10.1. The summed E-state index contributed by atoms with van der Waals surface area (Å²) in [6, 6.07) is 4.88. The molecule has 0 radical (unpaired) electrons. The lowest BCUT2D eigenvalue weighted by molar-refractivity contribution is -0.119. The smallest absolute Gasteiger partial charge is 0.336 e. The molecular formula is C15H19NO4.